The highest BCUT2D eigenvalue weighted by Crippen LogP contribution is 2.28. The lowest BCUT2D eigenvalue weighted by Crippen LogP contribution is -2.09. The summed E-state index contributed by atoms with van der Waals surface area (Å²) in [5.74, 6) is -1.71. The van der Waals surface area contributed by atoms with E-state index in [1.165, 1.54) is 0 Å². The molecule has 1 atom stereocenters. The van der Waals surface area contributed by atoms with Crippen LogP contribution in [0.25, 0.3) is 0 Å². The third-order valence-electron chi connectivity index (χ3n) is 2.05. The molecule has 1 aliphatic rings. The van der Waals surface area contributed by atoms with Gasteiger partial charge in [0.2, 0.25) is 11.6 Å². The molecule has 0 saturated heterocycles. The fourth-order valence-electron chi connectivity index (χ4n) is 1.39. The standard InChI is InChI=1S/C10H6O2/c1-6-7-4-2-3-5-8(7)10(12)9(6)11/h1-6H. The molecule has 0 heterocycles. The van der Waals surface area contributed by atoms with Crippen molar-refractivity contribution in [3.8, 4) is 0 Å². The third kappa shape index (κ3) is 0.749. The number of hydrogen-bond acceptors (Lipinski definition) is 2. The van der Waals surface area contributed by atoms with Crippen LogP contribution < -0.4 is 0 Å². The minimum atomic E-state index is -0.742. The Hall–Kier alpha value is -1.44. The minimum absolute atomic E-state index is 0.454. The zero-order valence-electron chi connectivity index (χ0n) is 6.28. The van der Waals surface area contributed by atoms with Gasteiger partial charge in [-0.2, -0.15) is 0 Å². The summed E-state index contributed by atoms with van der Waals surface area (Å²) in [6, 6.07) is 6.83. The van der Waals surface area contributed by atoms with E-state index in [4.69, 9.17) is 6.92 Å². The molecule has 12 heavy (non-hydrogen) atoms. The molecule has 2 radical (unpaired) electrons. The van der Waals surface area contributed by atoms with E-state index in [1.807, 2.05) is 0 Å². The van der Waals surface area contributed by atoms with Crippen LogP contribution in [0.1, 0.15) is 21.8 Å². The monoisotopic (exact) mass is 158 g/mol. The molecular weight excluding hydrogens is 152 g/mol. The molecule has 58 valence electrons. The van der Waals surface area contributed by atoms with Gasteiger partial charge in [0.05, 0.1) is 5.92 Å². The third-order valence-corrected chi connectivity index (χ3v) is 2.05. The van der Waals surface area contributed by atoms with E-state index >= 15 is 0 Å². The Labute approximate surface area is 70.2 Å². The Morgan fingerprint density at radius 3 is 2.50 bits per heavy atom. The van der Waals surface area contributed by atoms with Gasteiger partial charge in [-0.3, -0.25) is 9.59 Å². The van der Waals surface area contributed by atoms with Gasteiger partial charge in [-0.25, -0.2) is 0 Å². The number of hydrogen-bond donors (Lipinski definition) is 0. The second-order valence-electron chi connectivity index (χ2n) is 2.76. The molecule has 0 aliphatic heterocycles. The van der Waals surface area contributed by atoms with Crippen molar-refractivity contribution in [2.75, 3.05) is 0 Å². The molecule has 0 N–H and O–H groups in total. The highest BCUT2D eigenvalue weighted by Gasteiger charge is 2.34. The molecule has 2 nitrogen and oxygen atoms in total. The van der Waals surface area contributed by atoms with Gasteiger partial charge in [0.25, 0.3) is 0 Å². The van der Waals surface area contributed by atoms with Crippen LogP contribution in [0.4, 0.5) is 0 Å². The van der Waals surface area contributed by atoms with Gasteiger partial charge in [0.1, 0.15) is 0 Å². The molecule has 1 aromatic rings. The van der Waals surface area contributed by atoms with Gasteiger partial charge < -0.3 is 0 Å². The zero-order valence-corrected chi connectivity index (χ0v) is 6.28. The Morgan fingerprint density at radius 2 is 1.83 bits per heavy atom. The van der Waals surface area contributed by atoms with Crippen molar-refractivity contribution in [3.05, 3.63) is 42.3 Å². The number of Topliss-reactive ketones (excluding diaryl/α,β-unsaturated/α-hetero) is 2. The second kappa shape index (κ2) is 2.27. The van der Waals surface area contributed by atoms with Crippen molar-refractivity contribution in [2.24, 2.45) is 0 Å². The van der Waals surface area contributed by atoms with Crippen molar-refractivity contribution >= 4 is 11.6 Å². The molecule has 0 spiro atoms. The minimum Gasteiger partial charge on any atom is -0.290 e. The van der Waals surface area contributed by atoms with Crippen LogP contribution in [0.15, 0.2) is 24.3 Å². The lowest BCUT2D eigenvalue weighted by Gasteiger charge is -1.98. The van der Waals surface area contributed by atoms with E-state index in [2.05, 4.69) is 0 Å². The number of carbonyl (C=O) groups is 2. The van der Waals surface area contributed by atoms with Crippen molar-refractivity contribution in [2.45, 2.75) is 5.92 Å². The Balaban J connectivity index is 2.67. The summed E-state index contributed by atoms with van der Waals surface area (Å²) in [5, 5.41) is 0. The van der Waals surface area contributed by atoms with Crippen LogP contribution in [-0.2, 0) is 4.79 Å². The van der Waals surface area contributed by atoms with Crippen LogP contribution in [0.2, 0.25) is 0 Å². The lowest BCUT2D eigenvalue weighted by atomic mass is 10.0. The maximum absolute atomic E-state index is 11.2. The summed E-state index contributed by atoms with van der Waals surface area (Å²) in [4.78, 5) is 22.3. The fourth-order valence-corrected chi connectivity index (χ4v) is 1.39. The SMILES string of the molecule is [CH]C1C(=O)C(=O)c2ccccc21. The number of benzene rings is 1. The maximum atomic E-state index is 11.2. The first-order valence-corrected chi connectivity index (χ1v) is 3.65. The first-order valence-electron chi connectivity index (χ1n) is 3.65. The first-order chi connectivity index (χ1) is 5.72. The lowest BCUT2D eigenvalue weighted by molar-refractivity contribution is -0.115. The Bertz CT molecular complexity index is 366. The van der Waals surface area contributed by atoms with Gasteiger partial charge in [0, 0.05) is 5.56 Å². The second-order valence-corrected chi connectivity index (χ2v) is 2.76. The number of carbonyl (C=O) groups excluding carboxylic acids is 2. The molecule has 0 saturated carbocycles. The van der Waals surface area contributed by atoms with Crippen LogP contribution >= 0.6 is 0 Å². The quantitative estimate of drug-likeness (QED) is 0.532. The van der Waals surface area contributed by atoms with Gasteiger partial charge >= 0.3 is 0 Å². The zero-order chi connectivity index (χ0) is 8.72. The predicted molar refractivity (Wildman–Crippen MR) is 42.8 cm³/mol. The Morgan fingerprint density at radius 1 is 1.17 bits per heavy atom. The molecule has 0 fully saturated rings. The van der Waals surface area contributed by atoms with E-state index in [-0.39, 0.29) is 0 Å². The molecule has 2 rings (SSSR count). The molecule has 2 heteroatoms. The molecular formula is C10H6O2. The molecule has 1 aromatic carbocycles. The summed E-state index contributed by atoms with van der Waals surface area (Å²) in [6.45, 7) is 5.51. The highest BCUT2D eigenvalue weighted by molar-refractivity contribution is 6.49. The summed E-state index contributed by atoms with van der Waals surface area (Å²) in [6.07, 6.45) is 0. The number of fused-ring (bicyclic) bond motifs is 1. The maximum Gasteiger partial charge on any atom is 0.229 e. The topological polar surface area (TPSA) is 34.1 Å². The van der Waals surface area contributed by atoms with E-state index in [0.717, 1.165) is 0 Å². The van der Waals surface area contributed by atoms with Crippen molar-refractivity contribution in [1.29, 1.82) is 0 Å². The molecule has 0 amide bonds. The molecule has 1 unspecified atom stereocenters. The van der Waals surface area contributed by atoms with Crippen LogP contribution in [0, 0.1) is 6.92 Å². The first kappa shape index (κ1) is 7.22. The summed E-state index contributed by atoms with van der Waals surface area (Å²) < 4.78 is 0. The van der Waals surface area contributed by atoms with Gasteiger partial charge in [0.15, 0.2) is 0 Å². The summed E-state index contributed by atoms with van der Waals surface area (Å²) in [7, 11) is 0. The van der Waals surface area contributed by atoms with Crippen molar-refractivity contribution in [3.63, 3.8) is 0 Å². The van der Waals surface area contributed by atoms with E-state index in [0.29, 0.717) is 11.1 Å². The van der Waals surface area contributed by atoms with Crippen LogP contribution in [0.5, 0.6) is 0 Å². The molecule has 0 aromatic heterocycles. The van der Waals surface area contributed by atoms with Gasteiger partial charge in [-0.05, 0) is 12.5 Å². The largest absolute Gasteiger partial charge is 0.290 e. The van der Waals surface area contributed by atoms with E-state index in [1.54, 1.807) is 24.3 Å². The summed E-state index contributed by atoms with van der Waals surface area (Å²) in [5.41, 5.74) is 1.10. The molecule has 0 bridgehead atoms. The molecule has 1 aliphatic carbocycles. The highest BCUT2D eigenvalue weighted by atomic mass is 16.2. The fraction of sp³-hybridized carbons (Fsp3) is 0.100. The van der Waals surface area contributed by atoms with E-state index in [9.17, 15) is 9.59 Å². The van der Waals surface area contributed by atoms with Crippen molar-refractivity contribution in [1.82, 2.24) is 0 Å². The smallest absolute Gasteiger partial charge is 0.229 e. The van der Waals surface area contributed by atoms with Gasteiger partial charge in [-0.1, -0.05) is 24.3 Å². The normalized spacial score (nSPS) is 21.2. The van der Waals surface area contributed by atoms with Crippen LogP contribution in [-0.4, -0.2) is 11.6 Å². The average molecular weight is 158 g/mol. The van der Waals surface area contributed by atoms with E-state index < -0.39 is 17.5 Å². The number of rotatable bonds is 0. The Kier molecular flexibility index (Phi) is 1.37. The van der Waals surface area contributed by atoms with Crippen LogP contribution in [0.3, 0.4) is 0 Å². The van der Waals surface area contributed by atoms with Gasteiger partial charge in [-0.15, -0.1) is 0 Å². The average Bonchev–Trinajstić information content (AvgIpc) is 2.33. The number of ketones is 2. The van der Waals surface area contributed by atoms with Crippen molar-refractivity contribution < 1.29 is 9.59 Å². The predicted octanol–water partition coefficient (Wildman–Crippen LogP) is 1.25. The summed E-state index contributed by atoms with van der Waals surface area (Å²) >= 11 is 0.